The Morgan fingerprint density at radius 1 is 1.31 bits per heavy atom. The zero-order chi connectivity index (χ0) is 12.1. The van der Waals surface area contributed by atoms with Crippen molar-refractivity contribution in [2.75, 3.05) is 11.4 Å². The molecule has 0 aliphatic heterocycles. The molecule has 0 fully saturated rings. The Labute approximate surface area is 94.5 Å². The molecule has 16 heavy (non-hydrogen) atoms. The van der Waals surface area contributed by atoms with Crippen molar-refractivity contribution >= 4 is 17.6 Å². The molecule has 1 aromatic carbocycles. The average molecular weight is 221 g/mol. The van der Waals surface area contributed by atoms with Crippen molar-refractivity contribution in [1.82, 2.24) is 0 Å². The minimum Gasteiger partial charge on any atom is -0.481 e. The summed E-state index contributed by atoms with van der Waals surface area (Å²) >= 11 is 0. The molecule has 0 aliphatic carbocycles. The quantitative estimate of drug-likeness (QED) is 0.789. The molecule has 0 unspecified atom stereocenters. The molecular formula is C12H15NO3. The second kappa shape index (κ2) is 5.30. The van der Waals surface area contributed by atoms with E-state index in [-0.39, 0.29) is 5.91 Å². The van der Waals surface area contributed by atoms with Crippen LogP contribution in [0.15, 0.2) is 24.3 Å². The lowest BCUT2D eigenvalue weighted by Crippen LogP contribution is -2.32. The Morgan fingerprint density at radius 2 is 1.94 bits per heavy atom. The number of carboxylic acids is 1. The van der Waals surface area contributed by atoms with Crippen LogP contribution in [-0.4, -0.2) is 23.5 Å². The Hall–Kier alpha value is -1.84. The average Bonchev–Trinajstić information content (AvgIpc) is 2.20. The van der Waals surface area contributed by atoms with Crippen LogP contribution >= 0.6 is 0 Å². The van der Waals surface area contributed by atoms with Gasteiger partial charge in [-0.15, -0.1) is 0 Å². The number of nitrogens with zero attached hydrogens (tertiary/aromatic N) is 1. The van der Waals surface area contributed by atoms with Crippen LogP contribution in [0.3, 0.4) is 0 Å². The molecule has 0 atom stereocenters. The van der Waals surface area contributed by atoms with Gasteiger partial charge in [0.2, 0.25) is 5.91 Å². The van der Waals surface area contributed by atoms with Crippen molar-refractivity contribution in [2.24, 2.45) is 0 Å². The van der Waals surface area contributed by atoms with Crippen LogP contribution in [0, 0.1) is 6.92 Å². The summed E-state index contributed by atoms with van der Waals surface area (Å²) in [6.07, 6.45) is -0.470. The van der Waals surface area contributed by atoms with Crippen molar-refractivity contribution in [3.8, 4) is 0 Å². The second-order valence-corrected chi connectivity index (χ2v) is 3.49. The van der Waals surface area contributed by atoms with Crippen molar-refractivity contribution in [2.45, 2.75) is 20.3 Å². The summed E-state index contributed by atoms with van der Waals surface area (Å²) in [5.41, 5.74) is 1.74. The fourth-order valence-corrected chi connectivity index (χ4v) is 1.57. The smallest absolute Gasteiger partial charge is 0.312 e. The number of carbonyl (C=O) groups is 2. The lowest BCUT2D eigenvalue weighted by atomic mass is 10.1. The van der Waals surface area contributed by atoms with E-state index in [9.17, 15) is 9.59 Å². The molecule has 1 aromatic rings. The maximum Gasteiger partial charge on any atom is 0.312 e. The SMILES string of the molecule is CCN(C(=O)CC(=O)O)c1ccccc1C. The van der Waals surface area contributed by atoms with E-state index >= 15 is 0 Å². The molecule has 0 aliphatic rings. The van der Waals surface area contributed by atoms with Crippen molar-refractivity contribution < 1.29 is 14.7 Å². The number of rotatable bonds is 4. The fraction of sp³-hybridized carbons (Fsp3) is 0.333. The van der Waals surface area contributed by atoms with Gasteiger partial charge in [-0.3, -0.25) is 9.59 Å². The van der Waals surface area contributed by atoms with Crippen molar-refractivity contribution in [3.05, 3.63) is 29.8 Å². The first-order valence-corrected chi connectivity index (χ1v) is 5.14. The normalized spacial score (nSPS) is 9.88. The molecule has 1 N–H and O–H groups in total. The van der Waals surface area contributed by atoms with Gasteiger partial charge in [0.25, 0.3) is 0 Å². The van der Waals surface area contributed by atoms with Crippen molar-refractivity contribution in [1.29, 1.82) is 0 Å². The number of amides is 1. The fourth-order valence-electron chi connectivity index (χ4n) is 1.57. The first-order valence-electron chi connectivity index (χ1n) is 5.14. The van der Waals surface area contributed by atoms with Crippen LogP contribution in [-0.2, 0) is 9.59 Å². The summed E-state index contributed by atoms with van der Waals surface area (Å²) in [6.45, 7) is 4.19. The number of anilines is 1. The zero-order valence-corrected chi connectivity index (χ0v) is 9.43. The topological polar surface area (TPSA) is 57.6 Å². The number of benzene rings is 1. The maximum atomic E-state index is 11.7. The number of carbonyl (C=O) groups excluding carboxylic acids is 1. The number of hydrogen-bond donors (Lipinski definition) is 1. The maximum absolute atomic E-state index is 11.7. The highest BCUT2D eigenvalue weighted by atomic mass is 16.4. The Morgan fingerprint density at radius 3 is 2.44 bits per heavy atom. The van der Waals surface area contributed by atoms with Gasteiger partial charge in [-0.25, -0.2) is 0 Å². The summed E-state index contributed by atoms with van der Waals surface area (Å²) in [6, 6.07) is 7.43. The highest BCUT2D eigenvalue weighted by Gasteiger charge is 2.17. The van der Waals surface area contributed by atoms with Gasteiger partial charge in [0.15, 0.2) is 0 Å². The van der Waals surface area contributed by atoms with Crippen LogP contribution in [0.4, 0.5) is 5.69 Å². The molecule has 1 rings (SSSR count). The number of para-hydroxylation sites is 1. The lowest BCUT2D eigenvalue weighted by Gasteiger charge is -2.22. The largest absolute Gasteiger partial charge is 0.481 e. The lowest BCUT2D eigenvalue weighted by molar-refractivity contribution is -0.140. The van der Waals surface area contributed by atoms with Crippen LogP contribution in [0.2, 0.25) is 0 Å². The number of hydrogen-bond acceptors (Lipinski definition) is 2. The first kappa shape index (κ1) is 12.2. The van der Waals surface area contributed by atoms with Gasteiger partial charge in [0, 0.05) is 12.2 Å². The predicted octanol–water partition coefficient (Wildman–Crippen LogP) is 1.82. The third-order valence-corrected chi connectivity index (χ3v) is 2.33. The van der Waals surface area contributed by atoms with Gasteiger partial charge in [0.05, 0.1) is 0 Å². The summed E-state index contributed by atoms with van der Waals surface area (Å²) < 4.78 is 0. The Kier molecular flexibility index (Phi) is 4.05. The summed E-state index contributed by atoms with van der Waals surface area (Å²) in [4.78, 5) is 23.7. The molecule has 0 saturated carbocycles. The molecule has 86 valence electrons. The molecule has 0 spiro atoms. The monoisotopic (exact) mass is 221 g/mol. The molecule has 0 heterocycles. The minimum absolute atomic E-state index is 0.385. The molecule has 1 amide bonds. The first-order chi connectivity index (χ1) is 7.56. The standard InChI is InChI=1S/C12H15NO3/c1-3-13(11(14)8-12(15)16)10-7-5-4-6-9(10)2/h4-7H,3,8H2,1-2H3,(H,15,16). The van der Waals surface area contributed by atoms with E-state index in [4.69, 9.17) is 5.11 Å². The van der Waals surface area contributed by atoms with E-state index in [1.807, 2.05) is 38.1 Å². The van der Waals surface area contributed by atoms with E-state index in [0.717, 1.165) is 11.3 Å². The van der Waals surface area contributed by atoms with Crippen LogP contribution in [0.25, 0.3) is 0 Å². The highest BCUT2D eigenvalue weighted by Crippen LogP contribution is 2.19. The van der Waals surface area contributed by atoms with E-state index in [0.29, 0.717) is 6.54 Å². The zero-order valence-electron chi connectivity index (χ0n) is 9.43. The Balaban J connectivity index is 2.94. The van der Waals surface area contributed by atoms with Gasteiger partial charge in [-0.2, -0.15) is 0 Å². The molecule has 0 bridgehead atoms. The molecule has 4 heteroatoms. The minimum atomic E-state index is -1.10. The molecule has 0 radical (unpaired) electrons. The van der Waals surface area contributed by atoms with Gasteiger partial charge in [0.1, 0.15) is 6.42 Å². The molecule has 0 saturated heterocycles. The number of aryl methyl sites for hydroxylation is 1. The van der Waals surface area contributed by atoms with Crippen LogP contribution in [0.5, 0.6) is 0 Å². The van der Waals surface area contributed by atoms with Gasteiger partial charge in [-0.1, -0.05) is 18.2 Å². The second-order valence-electron chi connectivity index (χ2n) is 3.49. The predicted molar refractivity (Wildman–Crippen MR) is 61.5 cm³/mol. The van der Waals surface area contributed by atoms with Gasteiger partial charge < -0.3 is 10.0 Å². The van der Waals surface area contributed by atoms with E-state index in [1.165, 1.54) is 4.90 Å². The van der Waals surface area contributed by atoms with Crippen LogP contribution in [0.1, 0.15) is 18.9 Å². The third kappa shape index (κ3) is 2.82. The van der Waals surface area contributed by atoms with Gasteiger partial charge >= 0.3 is 5.97 Å². The number of carboxylic acid groups (broad SMARTS) is 1. The Bertz CT molecular complexity index is 401. The summed E-state index contributed by atoms with van der Waals surface area (Å²) in [5, 5.41) is 8.60. The van der Waals surface area contributed by atoms with Gasteiger partial charge in [-0.05, 0) is 25.5 Å². The van der Waals surface area contributed by atoms with E-state index in [2.05, 4.69) is 0 Å². The van der Waals surface area contributed by atoms with E-state index < -0.39 is 12.4 Å². The number of aliphatic carboxylic acids is 1. The summed E-state index contributed by atoms with van der Waals surface area (Å²) in [7, 11) is 0. The summed E-state index contributed by atoms with van der Waals surface area (Å²) in [5.74, 6) is -1.48. The third-order valence-electron chi connectivity index (χ3n) is 2.33. The van der Waals surface area contributed by atoms with Crippen molar-refractivity contribution in [3.63, 3.8) is 0 Å². The molecular weight excluding hydrogens is 206 g/mol. The molecule has 0 aromatic heterocycles. The van der Waals surface area contributed by atoms with Crippen LogP contribution < -0.4 is 4.90 Å². The highest BCUT2D eigenvalue weighted by molar-refractivity contribution is 6.03. The van der Waals surface area contributed by atoms with E-state index in [1.54, 1.807) is 0 Å². The molecule has 4 nitrogen and oxygen atoms in total.